The molecule has 0 aliphatic rings. The first-order valence-corrected chi connectivity index (χ1v) is 18.0. The van der Waals surface area contributed by atoms with Gasteiger partial charge in [-0.2, -0.15) is 0 Å². The predicted molar refractivity (Wildman–Crippen MR) is 215 cm³/mol. The average Bonchev–Trinajstić information content (AvgIpc) is 3.21. The molecule has 3 N–H and O–H groups in total. The van der Waals surface area contributed by atoms with Crippen molar-refractivity contribution < 1.29 is 42.6 Å². The highest BCUT2D eigenvalue weighted by Crippen LogP contribution is 2.43. The Bertz CT molecular complexity index is 1570. The molecule has 0 atom stereocenters. The molecule has 0 heterocycles. The highest BCUT2D eigenvalue weighted by atomic mass is 16.5. The Hall–Kier alpha value is -5.52. The first-order chi connectivity index (χ1) is 26.2. The molecule has 4 aromatic carbocycles. The second-order valence-corrected chi connectivity index (χ2v) is 12.2. The predicted octanol–water partition coefficient (Wildman–Crippen LogP) is 8.29. The van der Waals surface area contributed by atoms with Gasteiger partial charge in [0.2, 0.25) is 17.2 Å². The number of hydrogen-bond acceptors (Lipinski definition) is 12. The van der Waals surface area contributed by atoms with Crippen LogP contribution in [0.15, 0.2) is 36.4 Å². The lowest BCUT2D eigenvalue weighted by atomic mass is 9.83. The molecule has 12 heteroatoms. The molecular formula is C42H57N3O9. The minimum atomic E-state index is 0.543. The largest absolute Gasteiger partial charge is 0.493 e. The van der Waals surface area contributed by atoms with Crippen LogP contribution in [0.5, 0.6) is 51.7 Å². The van der Waals surface area contributed by atoms with Gasteiger partial charge in [-0.05, 0) is 52.6 Å². The number of anilines is 3. The summed E-state index contributed by atoms with van der Waals surface area (Å²) >= 11 is 0. The van der Waals surface area contributed by atoms with Gasteiger partial charge < -0.3 is 58.6 Å². The third-order valence-electron chi connectivity index (χ3n) is 9.65. The van der Waals surface area contributed by atoms with E-state index in [9.17, 15) is 0 Å². The number of ether oxygens (including phenoxy) is 9. The minimum Gasteiger partial charge on any atom is -0.493 e. The van der Waals surface area contributed by atoms with Gasteiger partial charge in [0.1, 0.15) is 0 Å². The molecule has 0 aliphatic carbocycles. The zero-order valence-electron chi connectivity index (χ0n) is 33.9. The quantitative estimate of drug-likeness (QED) is 0.0761. The van der Waals surface area contributed by atoms with Crippen molar-refractivity contribution in [2.24, 2.45) is 0 Å². The summed E-state index contributed by atoms with van der Waals surface area (Å²) < 4.78 is 50.7. The zero-order valence-corrected chi connectivity index (χ0v) is 33.9. The number of methoxy groups -OCH3 is 9. The van der Waals surface area contributed by atoms with E-state index in [1.807, 2.05) is 36.4 Å². The smallest absolute Gasteiger partial charge is 0.203 e. The van der Waals surface area contributed by atoms with E-state index in [1.165, 1.54) is 33.4 Å². The molecule has 0 aromatic heterocycles. The maximum atomic E-state index is 5.66. The molecule has 12 nitrogen and oxygen atoms in total. The summed E-state index contributed by atoms with van der Waals surface area (Å²) in [7, 11) is 14.5. The van der Waals surface area contributed by atoms with Gasteiger partial charge in [0.15, 0.2) is 34.5 Å². The molecule has 0 bridgehead atoms. The van der Waals surface area contributed by atoms with Crippen molar-refractivity contribution in [2.45, 2.75) is 59.7 Å². The SMILES string of the molecule is CCc1c(CNc2cc(OC)c(OC)c(OC)c2)c(CC)c(CNc2cc(OC)c(OC)c(OC)c2)c(CC)c1CNc1cc(OC)c(OC)c(OC)c1. The monoisotopic (exact) mass is 747 g/mol. The molecule has 0 fully saturated rings. The van der Waals surface area contributed by atoms with Crippen LogP contribution >= 0.6 is 0 Å². The lowest BCUT2D eigenvalue weighted by Gasteiger charge is -2.27. The highest BCUT2D eigenvalue weighted by molar-refractivity contribution is 5.66. The van der Waals surface area contributed by atoms with Crippen molar-refractivity contribution in [3.8, 4) is 51.7 Å². The standard InChI is InChI=1S/C42H57N3O9/c1-13-28-31(22-43-25-16-34(46-4)40(52-10)35(17-25)47-5)29(14-2)33(24-45-27-20-38(50-8)42(54-12)39(21-27)51-9)30(15-3)32(28)23-44-26-18-36(48-6)41(53-11)37(19-26)49-7/h16-21,43-45H,13-15,22-24H2,1-12H3. The van der Waals surface area contributed by atoms with Crippen molar-refractivity contribution in [1.82, 2.24) is 0 Å². The summed E-state index contributed by atoms with van der Waals surface area (Å²) in [6.07, 6.45) is 2.50. The summed E-state index contributed by atoms with van der Waals surface area (Å²) in [5.74, 6) is 5.12. The van der Waals surface area contributed by atoms with Crippen LogP contribution in [0.3, 0.4) is 0 Å². The van der Waals surface area contributed by atoms with Crippen molar-refractivity contribution >= 4 is 17.1 Å². The van der Waals surface area contributed by atoms with Crippen LogP contribution in [0.25, 0.3) is 0 Å². The Morgan fingerprint density at radius 2 is 0.519 bits per heavy atom. The minimum absolute atomic E-state index is 0.543. The van der Waals surface area contributed by atoms with E-state index in [1.54, 1.807) is 64.0 Å². The summed E-state index contributed by atoms with van der Waals surface area (Å²) in [4.78, 5) is 0. The average molecular weight is 748 g/mol. The van der Waals surface area contributed by atoms with Gasteiger partial charge in [0.05, 0.1) is 64.0 Å². The van der Waals surface area contributed by atoms with Gasteiger partial charge in [-0.15, -0.1) is 0 Å². The fraction of sp³-hybridized carbons (Fsp3) is 0.429. The van der Waals surface area contributed by atoms with Crippen LogP contribution < -0.4 is 58.6 Å². The van der Waals surface area contributed by atoms with Gasteiger partial charge in [0.25, 0.3) is 0 Å². The van der Waals surface area contributed by atoms with E-state index >= 15 is 0 Å². The number of nitrogens with one attached hydrogen (secondary N) is 3. The van der Waals surface area contributed by atoms with E-state index in [2.05, 4.69) is 36.7 Å². The second kappa shape index (κ2) is 19.5. The number of rotatable bonds is 21. The Labute approximate surface area is 320 Å². The van der Waals surface area contributed by atoms with Gasteiger partial charge in [-0.1, -0.05) is 20.8 Å². The third kappa shape index (κ3) is 8.64. The van der Waals surface area contributed by atoms with Crippen LogP contribution in [0.4, 0.5) is 17.1 Å². The van der Waals surface area contributed by atoms with E-state index in [-0.39, 0.29) is 0 Å². The van der Waals surface area contributed by atoms with Gasteiger partial charge in [-0.3, -0.25) is 0 Å². The molecule has 0 saturated heterocycles. The van der Waals surface area contributed by atoms with Crippen LogP contribution in [0.1, 0.15) is 54.2 Å². The van der Waals surface area contributed by atoms with Crippen LogP contribution in [-0.2, 0) is 38.9 Å². The highest BCUT2D eigenvalue weighted by Gasteiger charge is 2.23. The van der Waals surface area contributed by atoms with Crippen molar-refractivity contribution in [1.29, 1.82) is 0 Å². The normalized spacial score (nSPS) is 10.7. The molecule has 0 amide bonds. The molecule has 294 valence electrons. The summed E-state index contributed by atoms with van der Waals surface area (Å²) in [5, 5.41) is 11.1. The molecule has 0 saturated carbocycles. The Morgan fingerprint density at radius 3 is 0.667 bits per heavy atom. The van der Waals surface area contributed by atoms with E-state index in [4.69, 9.17) is 42.6 Å². The summed E-state index contributed by atoms with van der Waals surface area (Å²) in [5.41, 5.74) is 10.2. The first-order valence-electron chi connectivity index (χ1n) is 18.0. The van der Waals surface area contributed by atoms with E-state index in [0.29, 0.717) is 71.4 Å². The zero-order chi connectivity index (χ0) is 39.4. The molecule has 54 heavy (non-hydrogen) atoms. The molecule has 0 radical (unpaired) electrons. The topological polar surface area (TPSA) is 119 Å². The van der Waals surface area contributed by atoms with Crippen LogP contribution in [-0.4, -0.2) is 64.0 Å². The fourth-order valence-electron chi connectivity index (χ4n) is 7.13. The molecular weight excluding hydrogens is 690 g/mol. The van der Waals surface area contributed by atoms with Crippen LogP contribution in [0, 0.1) is 0 Å². The first kappa shape index (κ1) is 41.2. The second-order valence-electron chi connectivity index (χ2n) is 12.2. The molecule has 0 unspecified atom stereocenters. The Kier molecular flexibility index (Phi) is 14.9. The number of benzene rings is 4. The van der Waals surface area contributed by atoms with Gasteiger partial charge in [0, 0.05) is 73.1 Å². The van der Waals surface area contributed by atoms with Crippen molar-refractivity contribution in [2.75, 3.05) is 79.9 Å². The van der Waals surface area contributed by atoms with Crippen LogP contribution in [0.2, 0.25) is 0 Å². The molecule has 4 aromatic rings. The van der Waals surface area contributed by atoms with Gasteiger partial charge in [-0.25, -0.2) is 0 Å². The van der Waals surface area contributed by atoms with Crippen molar-refractivity contribution in [3.05, 3.63) is 69.8 Å². The summed E-state index contributed by atoms with van der Waals surface area (Å²) in [6.45, 7) is 8.37. The van der Waals surface area contributed by atoms with Crippen molar-refractivity contribution in [3.63, 3.8) is 0 Å². The Balaban J connectivity index is 1.87. The van der Waals surface area contributed by atoms with E-state index in [0.717, 1.165) is 36.3 Å². The van der Waals surface area contributed by atoms with Gasteiger partial charge >= 0.3 is 0 Å². The third-order valence-corrected chi connectivity index (χ3v) is 9.65. The lowest BCUT2D eigenvalue weighted by molar-refractivity contribution is 0.324. The Morgan fingerprint density at radius 1 is 0.315 bits per heavy atom. The maximum Gasteiger partial charge on any atom is 0.203 e. The number of hydrogen-bond donors (Lipinski definition) is 3. The molecule has 0 aliphatic heterocycles. The molecule has 4 rings (SSSR count). The summed E-state index contributed by atoms with van der Waals surface area (Å²) in [6, 6.07) is 11.6. The lowest BCUT2D eigenvalue weighted by Crippen LogP contribution is -2.19. The fourth-order valence-corrected chi connectivity index (χ4v) is 7.13. The molecule has 0 spiro atoms. The maximum absolute atomic E-state index is 5.66. The van der Waals surface area contributed by atoms with E-state index < -0.39 is 0 Å².